The number of benzene rings is 2. The van der Waals surface area contributed by atoms with Crippen LogP contribution in [-0.4, -0.2) is 58.8 Å². The van der Waals surface area contributed by atoms with Gasteiger partial charge in [-0.05, 0) is 49.6 Å². The number of nitrogens with one attached hydrogen (secondary N) is 3. The van der Waals surface area contributed by atoms with E-state index in [4.69, 9.17) is 9.73 Å². The van der Waals surface area contributed by atoms with Crippen molar-refractivity contribution in [2.24, 2.45) is 4.99 Å². The minimum Gasteiger partial charge on any atom is -0.497 e. The third-order valence-corrected chi connectivity index (χ3v) is 5.79. The van der Waals surface area contributed by atoms with E-state index in [0.717, 1.165) is 62.1 Å². The summed E-state index contributed by atoms with van der Waals surface area (Å²) in [5.41, 5.74) is 2.31. The lowest BCUT2D eigenvalue weighted by Crippen LogP contribution is -2.48. The van der Waals surface area contributed by atoms with Gasteiger partial charge >= 0.3 is 0 Å². The molecule has 2 aromatic carbocycles. The standard InChI is InChI=1S/C25H33N7O.HI/c1-3-26-25(28-21-13-15-32(16-14-21)18-19-7-5-4-6-8-19)27-17-23-29-24(31-30-23)20-9-11-22(33-2)12-10-20;/h4-12,21H,3,13-18H2,1-2H3,(H2,26,27,28)(H,29,30,31);1H. The van der Waals surface area contributed by atoms with Crippen LogP contribution in [0.4, 0.5) is 0 Å². The fourth-order valence-electron chi connectivity index (χ4n) is 3.98. The summed E-state index contributed by atoms with van der Waals surface area (Å²) >= 11 is 0. The van der Waals surface area contributed by atoms with Gasteiger partial charge in [-0.15, -0.1) is 24.0 Å². The second kappa shape index (κ2) is 13.3. The summed E-state index contributed by atoms with van der Waals surface area (Å²) in [5.74, 6) is 3.02. The summed E-state index contributed by atoms with van der Waals surface area (Å²) in [6.07, 6.45) is 2.20. The van der Waals surface area contributed by atoms with Crippen molar-refractivity contribution in [3.05, 3.63) is 66.0 Å². The predicted molar refractivity (Wildman–Crippen MR) is 146 cm³/mol. The van der Waals surface area contributed by atoms with E-state index >= 15 is 0 Å². The molecule has 0 atom stereocenters. The van der Waals surface area contributed by atoms with Gasteiger partial charge in [0.25, 0.3) is 0 Å². The summed E-state index contributed by atoms with van der Waals surface area (Å²) < 4.78 is 5.21. The summed E-state index contributed by atoms with van der Waals surface area (Å²) in [6, 6.07) is 18.8. The SMILES string of the molecule is CCNC(=NCc1nc(-c2ccc(OC)cc2)n[nH]1)NC1CCN(Cc2ccccc2)CC1.I. The highest BCUT2D eigenvalue weighted by molar-refractivity contribution is 14.0. The number of ether oxygens (including phenoxy) is 1. The molecule has 0 saturated carbocycles. The Bertz CT molecular complexity index is 1020. The fraction of sp³-hybridized carbons (Fsp3) is 0.400. The number of guanidine groups is 1. The number of methoxy groups -OCH3 is 1. The summed E-state index contributed by atoms with van der Waals surface area (Å²) in [7, 11) is 1.65. The van der Waals surface area contributed by atoms with E-state index in [1.807, 2.05) is 24.3 Å². The summed E-state index contributed by atoms with van der Waals surface area (Å²) in [6.45, 7) is 6.51. The van der Waals surface area contributed by atoms with Crippen molar-refractivity contribution < 1.29 is 4.74 Å². The normalized spacial score (nSPS) is 14.9. The van der Waals surface area contributed by atoms with Gasteiger partial charge in [0.05, 0.1) is 7.11 Å². The molecule has 0 amide bonds. The molecule has 1 aliphatic rings. The Morgan fingerprint density at radius 2 is 1.85 bits per heavy atom. The average molecular weight is 575 g/mol. The lowest BCUT2D eigenvalue weighted by atomic mass is 10.0. The van der Waals surface area contributed by atoms with Gasteiger partial charge < -0.3 is 15.4 Å². The van der Waals surface area contributed by atoms with Crippen LogP contribution in [0.25, 0.3) is 11.4 Å². The first kappa shape index (κ1) is 26.0. The topological polar surface area (TPSA) is 90.5 Å². The molecule has 3 aromatic rings. The Morgan fingerprint density at radius 3 is 2.53 bits per heavy atom. The maximum absolute atomic E-state index is 5.21. The molecule has 0 spiro atoms. The quantitative estimate of drug-likeness (QED) is 0.215. The van der Waals surface area contributed by atoms with Crippen LogP contribution in [0.2, 0.25) is 0 Å². The number of rotatable bonds is 8. The molecule has 0 unspecified atom stereocenters. The smallest absolute Gasteiger partial charge is 0.191 e. The van der Waals surface area contributed by atoms with Gasteiger partial charge in [-0.1, -0.05) is 30.3 Å². The minimum absolute atomic E-state index is 0. The summed E-state index contributed by atoms with van der Waals surface area (Å²) in [4.78, 5) is 11.8. The van der Waals surface area contributed by atoms with Crippen molar-refractivity contribution in [1.29, 1.82) is 0 Å². The van der Waals surface area contributed by atoms with E-state index in [0.29, 0.717) is 18.4 Å². The molecule has 1 aliphatic heterocycles. The average Bonchev–Trinajstić information content (AvgIpc) is 3.34. The number of likely N-dealkylation sites (tertiary alicyclic amines) is 1. The number of aliphatic imine (C=N–C) groups is 1. The number of aromatic amines is 1. The molecule has 182 valence electrons. The van der Waals surface area contributed by atoms with Crippen molar-refractivity contribution >= 4 is 29.9 Å². The van der Waals surface area contributed by atoms with Crippen LogP contribution in [-0.2, 0) is 13.1 Å². The largest absolute Gasteiger partial charge is 0.497 e. The van der Waals surface area contributed by atoms with Crippen molar-refractivity contribution in [3.8, 4) is 17.1 Å². The molecule has 1 saturated heterocycles. The van der Waals surface area contributed by atoms with E-state index in [2.05, 4.69) is 68.0 Å². The lowest BCUT2D eigenvalue weighted by molar-refractivity contribution is 0.198. The highest BCUT2D eigenvalue weighted by atomic mass is 127. The number of piperidine rings is 1. The van der Waals surface area contributed by atoms with E-state index in [9.17, 15) is 0 Å². The second-order valence-corrected chi connectivity index (χ2v) is 8.21. The lowest BCUT2D eigenvalue weighted by Gasteiger charge is -2.33. The Kier molecular flexibility index (Phi) is 10.1. The zero-order valence-electron chi connectivity index (χ0n) is 19.8. The van der Waals surface area contributed by atoms with E-state index in [1.54, 1.807) is 7.11 Å². The summed E-state index contributed by atoms with van der Waals surface area (Å²) in [5, 5.41) is 14.3. The number of nitrogens with zero attached hydrogens (tertiary/aromatic N) is 4. The molecular formula is C25H34IN7O. The van der Waals surface area contributed by atoms with Crippen molar-refractivity contribution in [2.75, 3.05) is 26.7 Å². The first-order valence-electron chi connectivity index (χ1n) is 11.6. The van der Waals surface area contributed by atoms with Gasteiger partial charge in [-0.2, -0.15) is 5.10 Å². The molecular weight excluding hydrogens is 541 g/mol. The van der Waals surface area contributed by atoms with Crippen LogP contribution in [0.3, 0.4) is 0 Å². The van der Waals surface area contributed by atoms with Crippen LogP contribution >= 0.6 is 24.0 Å². The number of hydrogen-bond acceptors (Lipinski definition) is 5. The molecule has 0 aliphatic carbocycles. The molecule has 0 bridgehead atoms. The van der Waals surface area contributed by atoms with Gasteiger partial charge in [-0.25, -0.2) is 9.98 Å². The van der Waals surface area contributed by atoms with E-state index < -0.39 is 0 Å². The van der Waals surface area contributed by atoms with Crippen molar-refractivity contribution in [1.82, 2.24) is 30.7 Å². The number of hydrogen-bond donors (Lipinski definition) is 3. The van der Waals surface area contributed by atoms with Crippen LogP contribution in [0, 0.1) is 0 Å². The zero-order chi connectivity index (χ0) is 22.9. The molecule has 0 radical (unpaired) electrons. The molecule has 8 nitrogen and oxygen atoms in total. The first-order chi connectivity index (χ1) is 16.2. The maximum atomic E-state index is 5.21. The van der Waals surface area contributed by atoms with Gasteiger partial charge in [0.2, 0.25) is 0 Å². The Labute approximate surface area is 218 Å². The van der Waals surface area contributed by atoms with Crippen molar-refractivity contribution in [3.63, 3.8) is 0 Å². The molecule has 1 aromatic heterocycles. The van der Waals surface area contributed by atoms with Crippen molar-refractivity contribution in [2.45, 2.75) is 38.9 Å². The predicted octanol–water partition coefficient (Wildman–Crippen LogP) is 3.82. The van der Waals surface area contributed by atoms with Gasteiger partial charge in [0.15, 0.2) is 11.8 Å². The molecule has 4 rings (SSSR count). The Balaban J connectivity index is 0.00000324. The molecule has 3 N–H and O–H groups in total. The van der Waals surface area contributed by atoms with Gasteiger partial charge in [0.1, 0.15) is 18.1 Å². The van der Waals surface area contributed by atoms with Crippen LogP contribution in [0.15, 0.2) is 59.6 Å². The third-order valence-electron chi connectivity index (χ3n) is 5.79. The zero-order valence-corrected chi connectivity index (χ0v) is 22.2. The van der Waals surface area contributed by atoms with Crippen LogP contribution < -0.4 is 15.4 Å². The number of H-pyrrole nitrogens is 1. The monoisotopic (exact) mass is 575 g/mol. The molecule has 34 heavy (non-hydrogen) atoms. The van der Waals surface area contributed by atoms with E-state index in [-0.39, 0.29) is 24.0 Å². The Hall–Kier alpha value is -2.66. The Morgan fingerprint density at radius 1 is 1.12 bits per heavy atom. The third kappa shape index (κ3) is 7.42. The van der Waals surface area contributed by atoms with Crippen LogP contribution in [0.5, 0.6) is 5.75 Å². The van der Waals surface area contributed by atoms with E-state index in [1.165, 1.54) is 5.56 Å². The number of halogens is 1. The first-order valence-corrected chi connectivity index (χ1v) is 11.6. The van der Waals surface area contributed by atoms with Crippen LogP contribution in [0.1, 0.15) is 31.2 Å². The minimum atomic E-state index is 0. The maximum Gasteiger partial charge on any atom is 0.191 e. The molecule has 1 fully saturated rings. The fourth-order valence-corrected chi connectivity index (χ4v) is 3.98. The second-order valence-electron chi connectivity index (χ2n) is 8.21. The number of aromatic nitrogens is 3. The van der Waals surface area contributed by atoms with Gasteiger partial charge in [0, 0.05) is 37.8 Å². The highest BCUT2D eigenvalue weighted by Gasteiger charge is 2.20. The molecule has 9 heteroatoms. The van der Waals surface area contributed by atoms with Gasteiger partial charge in [-0.3, -0.25) is 10.00 Å². The highest BCUT2D eigenvalue weighted by Crippen LogP contribution is 2.19. The molecule has 2 heterocycles.